The van der Waals surface area contributed by atoms with Gasteiger partial charge in [-0.1, -0.05) is 29.8 Å². The van der Waals surface area contributed by atoms with Crippen molar-refractivity contribution in [3.8, 4) is 5.75 Å². The summed E-state index contributed by atoms with van der Waals surface area (Å²) in [5.41, 5.74) is 5.29. The molecule has 0 amide bonds. The Hall–Kier alpha value is -1.97. The molecule has 1 saturated heterocycles. The molecule has 3 aliphatic rings. The lowest BCUT2D eigenvalue weighted by molar-refractivity contribution is 0.0783. The molecule has 29 heavy (non-hydrogen) atoms. The van der Waals surface area contributed by atoms with Crippen molar-refractivity contribution in [1.82, 2.24) is 9.88 Å². The van der Waals surface area contributed by atoms with Crippen molar-refractivity contribution in [1.29, 1.82) is 0 Å². The fourth-order valence-electron chi connectivity index (χ4n) is 6.02. The van der Waals surface area contributed by atoms with E-state index in [9.17, 15) is 5.11 Å². The lowest BCUT2D eigenvalue weighted by Crippen LogP contribution is -2.54. The Bertz CT molecular complexity index is 1090. The monoisotopic (exact) mass is 406 g/mol. The number of nitrogens with zero attached hydrogens (tertiary/aromatic N) is 1. The van der Waals surface area contributed by atoms with Gasteiger partial charge in [0.15, 0.2) is 0 Å². The van der Waals surface area contributed by atoms with Gasteiger partial charge in [-0.05, 0) is 85.9 Å². The third-order valence-corrected chi connectivity index (χ3v) is 7.99. The number of hydrogen-bond donors (Lipinski definition) is 2. The predicted octanol–water partition coefficient (Wildman–Crippen LogP) is 5.30. The largest absolute Gasteiger partial charge is 0.508 e. The molecule has 0 bridgehead atoms. The van der Waals surface area contributed by atoms with Gasteiger partial charge < -0.3 is 15.0 Å². The van der Waals surface area contributed by atoms with Gasteiger partial charge in [-0.15, -0.1) is 0 Å². The molecule has 2 heterocycles. The van der Waals surface area contributed by atoms with Crippen LogP contribution in [0.1, 0.15) is 36.1 Å². The minimum atomic E-state index is 0.0825. The van der Waals surface area contributed by atoms with Crippen molar-refractivity contribution in [3.05, 3.63) is 64.3 Å². The van der Waals surface area contributed by atoms with E-state index >= 15 is 0 Å². The summed E-state index contributed by atoms with van der Waals surface area (Å²) in [7, 11) is 0. The smallest absolute Gasteiger partial charge is 0.115 e. The molecule has 2 N–H and O–H groups in total. The van der Waals surface area contributed by atoms with Gasteiger partial charge in [-0.2, -0.15) is 0 Å². The zero-order valence-corrected chi connectivity index (χ0v) is 17.4. The predicted molar refractivity (Wildman–Crippen MR) is 118 cm³/mol. The van der Waals surface area contributed by atoms with E-state index in [4.69, 9.17) is 11.6 Å². The van der Waals surface area contributed by atoms with Crippen LogP contribution in [0.25, 0.3) is 10.9 Å². The normalized spacial score (nSPS) is 27.0. The first-order chi connectivity index (χ1) is 14.1. The van der Waals surface area contributed by atoms with E-state index in [0.29, 0.717) is 11.7 Å². The van der Waals surface area contributed by atoms with Gasteiger partial charge in [0.1, 0.15) is 5.75 Å². The topological polar surface area (TPSA) is 39.3 Å². The number of hydrogen-bond acceptors (Lipinski definition) is 2. The molecule has 0 spiro atoms. The number of benzene rings is 2. The summed E-state index contributed by atoms with van der Waals surface area (Å²) in [6.07, 6.45) is 6.01. The Kier molecular flexibility index (Phi) is 4.01. The van der Waals surface area contributed by atoms with Crippen LogP contribution in [-0.2, 0) is 18.3 Å². The molecule has 3 aromatic rings. The third-order valence-electron chi connectivity index (χ3n) is 7.68. The molecule has 1 aliphatic heterocycles. The number of fused-ring (bicyclic) bond motifs is 4. The standard InChI is InChI=1S/C25H27ClN2O/c26-21-5-2-6-22-24(21)20-12-18-15-28(14-16-7-8-16)10-9-25(18,13-23(20)27-22)17-3-1-4-19(29)11-17/h1-6,11,16,18,27,29H,7-10,12-15H2. The van der Waals surface area contributed by atoms with Crippen LogP contribution in [0.2, 0.25) is 5.02 Å². The van der Waals surface area contributed by atoms with Gasteiger partial charge in [-0.3, -0.25) is 0 Å². The van der Waals surface area contributed by atoms with Crippen LogP contribution >= 0.6 is 11.6 Å². The number of H-pyrrole nitrogens is 1. The van der Waals surface area contributed by atoms with Crippen molar-refractivity contribution in [2.24, 2.45) is 11.8 Å². The van der Waals surface area contributed by atoms with E-state index in [1.807, 2.05) is 24.3 Å². The molecule has 2 atom stereocenters. The molecule has 3 nitrogen and oxygen atoms in total. The number of nitrogens with one attached hydrogen (secondary N) is 1. The van der Waals surface area contributed by atoms with Gasteiger partial charge in [-0.25, -0.2) is 0 Å². The number of aromatic amines is 1. The molecule has 1 aromatic heterocycles. The van der Waals surface area contributed by atoms with E-state index < -0.39 is 0 Å². The lowest BCUT2D eigenvalue weighted by atomic mass is 9.58. The molecule has 0 radical (unpaired) electrons. The first-order valence-corrected chi connectivity index (χ1v) is 11.3. The van der Waals surface area contributed by atoms with E-state index in [1.165, 1.54) is 41.6 Å². The summed E-state index contributed by atoms with van der Waals surface area (Å²) < 4.78 is 0. The number of rotatable bonds is 3. The summed E-state index contributed by atoms with van der Waals surface area (Å²) >= 11 is 6.63. The summed E-state index contributed by atoms with van der Waals surface area (Å²) in [5.74, 6) is 1.84. The van der Waals surface area contributed by atoms with E-state index in [1.54, 1.807) is 6.07 Å². The Labute approximate surface area is 176 Å². The van der Waals surface area contributed by atoms with Gasteiger partial charge in [0.05, 0.1) is 5.02 Å². The highest BCUT2D eigenvalue weighted by molar-refractivity contribution is 6.35. The van der Waals surface area contributed by atoms with Crippen LogP contribution in [0, 0.1) is 11.8 Å². The minimum Gasteiger partial charge on any atom is -0.508 e. The summed E-state index contributed by atoms with van der Waals surface area (Å²) in [4.78, 5) is 6.39. The Morgan fingerprint density at radius 2 is 2.03 bits per heavy atom. The zero-order valence-electron chi connectivity index (χ0n) is 16.6. The van der Waals surface area contributed by atoms with Crippen LogP contribution in [0.5, 0.6) is 5.75 Å². The number of piperidine rings is 1. The number of phenols is 1. The Morgan fingerprint density at radius 1 is 1.17 bits per heavy atom. The maximum Gasteiger partial charge on any atom is 0.115 e. The average molecular weight is 407 g/mol. The van der Waals surface area contributed by atoms with Crippen molar-refractivity contribution in [2.75, 3.05) is 19.6 Å². The van der Waals surface area contributed by atoms with E-state index in [2.05, 4.69) is 22.0 Å². The fraction of sp³-hybridized carbons (Fsp3) is 0.440. The molecule has 2 aliphatic carbocycles. The number of aromatic nitrogens is 1. The van der Waals surface area contributed by atoms with Crippen molar-refractivity contribution < 1.29 is 5.11 Å². The van der Waals surface area contributed by atoms with Crippen LogP contribution < -0.4 is 0 Å². The minimum absolute atomic E-state index is 0.0825. The van der Waals surface area contributed by atoms with Crippen molar-refractivity contribution in [2.45, 2.75) is 37.5 Å². The first kappa shape index (κ1) is 17.9. The molecular weight excluding hydrogens is 380 g/mol. The molecule has 6 rings (SSSR count). The maximum absolute atomic E-state index is 10.2. The molecule has 2 aromatic carbocycles. The van der Waals surface area contributed by atoms with Gasteiger partial charge in [0.2, 0.25) is 0 Å². The molecule has 1 saturated carbocycles. The SMILES string of the molecule is Oc1cccc(C23CCN(CC4CC4)CC2Cc2c([nH]c4cccc(Cl)c24)C3)c1. The average Bonchev–Trinajstić information content (AvgIpc) is 3.45. The lowest BCUT2D eigenvalue weighted by Gasteiger charge is -2.51. The zero-order chi connectivity index (χ0) is 19.6. The second-order valence-corrected chi connectivity index (χ2v) is 9.89. The maximum atomic E-state index is 10.2. The Morgan fingerprint density at radius 3 is 2.86 bits per heavy atom. The summed E-state index contributed by atoms with van der Waals surface area (Å²) in [5, 5.41) is 12.3. The van der Waals surface area contributed by atoms with E-state index in [0.717, 1.165) is 48.8 Å². The number of likely N-dealkylation sites (tertiary alicyclic amines) is 1. The van der Waals surface area contributed by atoms with Crippen molar-refractivity contribution in [3.63, 3.8) is 0 Å². The quantitative estimate of drug-likeness (QED) is 0.619. The van der Waals surface area contributed by atoms with Crippen molar-refractivity contribution >= 4 is 22.5 Å². The first-order valence-electron chi connectivity index (χ1n) is 10.9. The molecule has 150 valence electrons. The highest BCUT2D eigenvalue weighted by atomic mass is 35.5. The van der Waals surface area contributed by atoms with Crippen LogP contribution in [0.4, 0.5) is 0 Å². The van der Waals surface area contributed by atoms with Crippen LogP contribution in [0.3, 0.4) is 0 Å². The fourth-order valence-corrected chi connectivity index (χ4v) is 6.31. The van der Waals surface area contributed by atoms with Gasteiger partial charge in [0.25, 0.3) is 0 Å². The number of aromatic hydroxyl groups is 1. The third kappa shape index (κ3) is 2.90. The Balaban J connectivity index is 1.46. The van der Waals surface area contributed by atoms with Gasteiger partial charge in [0, 0.05) is 35.1 Å². The second-order valence-electron chi connectivity index (χ2n) is 9.48. The molecule has 2 unspecified atom stereocenters. The number of phenolic OH excluding ortho intramolecular Hbond substituents is 1. The highest BCUT2D eigenvalue weighted by Gasteiger charge is 2.48. The second kappa shape index (κ2) is 6.52. The van der Waals surface area contributed by atoms with Gasteiger partial charge >= 0.3 is 0 Å². The molecule has 2 fully saturated rings. The van der Waals surface area contributed by atoms with Crippen LogP contribution in [-0.4, -0.2) is 34.6 Å². The number of halogens is 1. The summed E-state index contributed by atoms with van der Waals surface area (Å²) in [6.45, 7) is 3.55. The summed E-state index contributed by atoms with van der Waals surface area (Å²) in [6, 6.07) is 14.2. The highest BCUT2D eigenvalue weighted by Crippen LogP contribution is 2.50. The van der Waals surface area contributed by atoms with Crippen LogP contribution in [0.15, 0.2) is 42.5 Å². The molecular formula is C25H27ClN2O. The van der Waals surface area contributed by atoms with E-state index in [-0.39, 0.29) is 5.41 Å². The molecule has 4 heteroatoms.